The van der Waals surface area contributed by atoms with Gasteiger partial charge in [-0.2, -0.15) is 9.61 Å². The van der Waals surface area contributed by atoms with Gasteiger partial charge in [-0.3, -0.25) is 14.2 Å². The van der Waals surface area contributed by atoms with Gasteiger partial charge in [0.1, 0.15) is 5.65 Å². The summed E-state index contributed by atoms with van der Waals surface area (Å²) < 4.78 is 2.77. The van der Waals surface area contributed by atoms with Gasteiger partial charge in [-0.25, -0.2) is 0 Å². The van der Waals surface area contributed by atoms with Crippen molar-refractivity contribution in [2.24, 2.45) is 5.41 Å². The number of aromatic nitrogens is 3. The van der Waals surface area contributed by atoms with Crippen LogP contribution in [0.25, 0.3) is 5.65 Å². The first-order valence-electron chi connectivity index (χ1n) is 7.94. The van der Waals surface area contributed by atoms with Crippen molar-refractivity contribution in [2.45, 2.75) is 52.6 Å². The molecule has 3 rings (SSSR count). The highest BCUT2D eigenvalue weighted by Crippen LogP contribution is 2.28. The summed E-state index contributed by atoms with van der Waals surface area (Å²) in [5, 5.41) is 17.4. The van der Waals surface area contributed by atoms with Gasteiger partial charge in [-0.15, -0.1) is 0 Å². The summed E-state index contributed by atoms with van der Waals surface area (Å²) in [4.78, 5) is 24.9. The molecule has 1 amide bonds. The number of nitrogens with one attached hydrogen (secondary N) is 1. The Morgan fingerprint density at radius 1 is 1.48 bits per heavy atom. The lowest BCUT2D eigenvalue weighted by Crippen LogP contribution is -2.35. The molecule has 1 fully saturated rings. The van der Waals surface area contributed by atoms with Crippen molar-refractivity contribution in [3.05, 3.63) is 28.2 Å². The topological polar surface area (TPSA) is 88.6 Å². The van der Waals surface area contributed by atoms with Crippen molar-refractivity contribution in [3.8, 4) is 5.88 Å². The van der Waals surface area contributed by atoms with E-state index in [4.69, 9.17) is 0 Å². The summed E-state index contributed by atoms with van der Waals surface area (Å²) in [6.45, 7) is 6.69. The van der Waals surface area contributed by atoms with E-state index in [1.807, 2.05) is 0 Å². The van der Waals surface area contributed by atoms with Gasteiger partial charge in [0.2, 0.25) is 5.88 Å². The average Bonchev–Trinajstić information content (AvgIpc) is 3.16. The Morgan fingerprint density at radius 2 is 2.17 bits per heavy atom. The first-order valence-corrected chi connectivity index (χ1v) is 7.94. The van der Waals surface area contributed by atoms with Crippen LogP contribution in [0.1, 0.15) is 50.4 Å². The average molecular weight is 318 g/mol. The smallest absolute Gasteiger partial charge is 0.291 e. The second kappa shape index (κ2) is 5.40. The van der Waals surface area contributed by atoms with Crippen LogP contribution >= 0.6 is 0 Å². The van der Waals surface area contributed by atoms with Gasteiger partial charge in [-0.05, 0) is 24.7 Å². The van der Waals surface area contributed by atoms with E-state index in [9.17, 15) is 14.7 Å². The van der Waals surface area contributed by atoms with Crippen molar-refractivity contribution in [1.82, 2.24) is 19.5 Å². The molecule has 7 nitrogen and oxygen atoms in total. The number of aromatic hydroxyl groups is 1. The van der Waals surface area contributed by atoms with Crippen LogP contribution in [0.2, 0.25) is 0 Å². The van der Waals surface area contributed by atoms with Crippen molar-refractivity contribution >= 4 is 11.6 Å². The SMILES string of the molecule is CCC(C)(C)Cn1c(O)c(C(=O)NC2CC2)c(=O)n2nccc12. The molecule has 1 aliphatic carbocycles. The molecule has 0 aliphatic heterocycles. The second-order valence-electron chi connectivity index (χ2n) is 6.96. The molecule has 0 aromatic carbocycles. The third-order valence-corrected chi connectivity index (χ3v) is 4.47. The monoisotopic (exact) mass is 318 g/mol. The summed E-state index contributed by atoms with van der Waals surface area (Å²) in [7, 11) is 0. The van der Waals surface area contributed by atoms with E-state index in [2.05, 4.69) is 31.2 Å². The summed E-state index contributed by atoms with van der Waals surface area (Å²) in [5.41, 5.74) is -0.440. The van der Waals surface area contributed by atoms with Crippen LogP contribution < -0.4 is 10.9 Å². The Morgan fingerprint density at radius 3 is 2.78 bits per heavy atom. The maximum atomic E-state index is 12.5. The summed E-state index contributed by atoms with van der Waals surface area (Å²) in [5.74, 6) is -0.821. The fourth-order valence-electron chi connectivity index (χ4n) is 2.48. The van der Waals surface area contributed by atoms with Crippen LogP contribution in [0.4, 0.5) is 0 Å². The predicted octanol–water partition coefficient (Wildman–Crippen LogP) is 1.53. The minimum atomic E-state index is -0.591. The van der Waals surface area contributed by atoms with Crippen molar-refractivity contribution in [1.29, 1.82) is 0 Å². The van der Waals surface area contributed by atoms with E-state index in [0.717, 1.165) is 19.3 Å². The highest BCUT2D eigenvalue weighted by atomic mass is 16.3. The third kappa shape index (κ3) is 2.83. The van der Waals surface area contributed by atoms with Crippen molar-refractivity contribution in [2.75, 3.05) is 0 Å². The van der Waals surface area contributed by atoms with Gasteiger partial charge in [0.05, 0.1) is 6.20 Å². The molecule has 0 radical (unpaired) electrons. The molecule has 0 atom stereocenters. The number of hydrogen-bond acceptors (Lipinski definition) is 4. The number of amides is 1. The number of rotatable bonds is 5. The van der Waals surface area contributed by atoms with Crippen LogP contribution in [0.3, 0.4) is 0 Å². The van der Waals surface area contributed by atoms with E-state index in [-0.39, 0.29) is 22.9 Å². The molecular weight excluding hydrogens is 296 g/mol. The maximum Gasteiger partial charge on any atom is 0.291 e. The normalized spacial score (nSPS) is 15.1. The molecule has 0 spiro atoms. The van der Waals surface area contributed by atoms with Gasteiger partial charge in [0.25, 0.3) is 11.5 Å². The fourth-order valence-corrected chi connectivity index (χ4v) is 2.48. The van der Waals surface area contributed by atoms with E-state index >= 15 is 0 Å². The number of nitrogens with zero attached hydrogens (tertiary/aromatic N) is 3. The molecule has 1 saturated carbocycles. The Kier molecular flexibility index (Phi) is 3.66. The zero-order valence-electron chi connectivity index (χ0n) is 13.7. The molecule has 1 aliphatic rings. The standard InChI is InChI=1S/C16H22N4O3/c1-4-16(2,3)9-19-11-7-8-17-20(11)15(23)12(14(19)22)13(21)18-10-5-6-10/h7-8,10,22H,4-6,9H2,1-3H3,(H,18,21). The Balaban J connectivity index is 2.16. The molecule has 2 aromatic heterocycles. The molecular formula is C16H22N4O3. The van der Waals surface area contributed by atoms with E-state index in [1.165, 1.54) is 10.7 Å². The number of carbonyl (C=O) groups excluding carboxylic acids is 1. The summed E-state index contributed by atoms with van der Waals surface area (Å²) in [6, 6.07) is 1.77. The van der Waals surface area contributed by atoms with Crippen LogP contribution in [-0.4, -0.2) is 31.2 Å². The molecule has 23 heavy (non-hydrogen) atoms. The van der Waals surface area contributed by atoms with Crippen LogP contribution in [0, 0.1) is 5.41 Å². The first kappa shape index (κ1) is 15.6. The first-order chi connectivity index (χ1) is 10.8. The van der Waals surface area contributed by atoms with Crippen molar-refractivity contribution in [3.63, 3.8) is 0 Å². The minimum absolute atomic E-state index is 0.0957. The molecule has 7 heteroatoms. The summed E-state index contributed by atoms with van der Waals surface area (Å²) in [6.07, 6.45) is 4.21. The molecule has 2 N–H and O–H groups in total. The Bertz CT molecular complexity index is 815. The number of fused-ring (bicyclic) bond motifs is 1. The lowest BCUT2D eigenvalue weighted by molar-refractivity contribution is 0.0944. The quantitative estimate of drug-likeness (QED) is 0.875. The molecule has 0 unspecified atom stereocenters. The Hall–Kier alpha value is -2.31. The zero-order valence-corrected chi connectivity index (χ0v) is 13.7. The van der Waals surface area contributed by atoms with E-state index < -0.39 is 11.5 Å². The van der Waals surface area contributed by atoms with Gasteiger partial charge in [0.15, 0.2) is 5.56 Å². The fraction of sp³-hybridized carbons (Fsp3) is 0.562. The van der Waals surface area contributed by atoms with Gasteiger partial charge < -0.3 is 10.4 Å². The zero-order chi connectivity index (χ0) is 16.8. The van der Waals surface area contributed by atoms with Gasteiger partial charge in [-0.1, -0.05) is 20.8 Å². The van der Waals surface area contributed by atoms with Gasteiger partial charge >= 0.3 is 0 Å². The lowest BCUT2D eigenvalue weighted by Gasteiger charge is -2.26. The number of hydrogen-bond donors (Lipinski definition) is 2. The van der Waals surface area contributed by atoms with Crippen LogP contribution in [0.15, 0.2) is 17.1 Å². The van der Waals surface area contributed by atoms with Gasteiger partial charge in [0, 0.05) is 18.7 Å². The Labute approximate surface area is 133 Å². The largest absolute Gasteiger partial charge is 0.494 e. The second-order valence-corrected chi connectivity index (χ2v) is 6.96. The lowest BCUT2D eigenvalue weighted by atomic mass is 9.90. The maximum absolute atomic E-state index is 12.5. The molecule has 0 bridgehead atoms. The summed E-state index contributed by atoms with van der Waals surface area (Å²) >= 11 is 0. The highest BCUT2D eigenvalue weighted by molar-refractivity contribution is 5.96. The third-order valence-electron chi connectivity index (χ3n) is 4.47. The van der Waals surface area contributed by atoms with Crippen molar-refractivity contribution < 1.29 is 9.90 Å². The highest BCUT2D eigenvalue weighted by Gasteiger charge is 2.30. The molecule has 0 saturated heterocycles. The number of carbonyl (C=O) groups is 1. The van der Waals surface area contributed by atoms with E-state index in [1.54, 1.807) is 10.6 Å². The molecule has 2 heterocycles. The predicted molar refractivity (Wildman–Crippen MR) is 85.7 cm³/mol. The van der Waals surface area contributed by atoms with Crippen LogP contribution in [0.5, 0.6) is 5.88 Å². The van der Waals surface area contributed by atoms with E-state index in [0.29, 0.717) is 12.2 Å². The molecule has 2 aromatic rings. The van der Waals surface area contributed by atoms with Crippen LogP contribution in [-0.2, 0) is 6.54 Å². The minimum Gasteiger partial charge on any atom is -0.494 e. The molecule has 124 valence electrons.